The Morgan fingerprint density at radius 2 is 1.92 bits per heavy atom. The van der Waals surface area contributed by atoms with E-state index in [1.54, 1.807) is 12.4 Å². The Labute approximate surface area is 139 Å². The number of rotatable bonds is 5. The van der Waals surface area contributed by atoms with Crippen LogP contribution in [-0.2, 0) is 6.42 Å². The first-order chi connectivity index (χ1) is 11.7. The smallest absolute Gasteiger partial charge is 0.258 e. The SMILES string of the molecule is O=C(Nc1ccc(C[C@H]2NC[C@H]2F)cc1)c1cnc(C2CC2)nc1. The van der Waals surface area contributed by atoms with Crippen molar-refractivity contribution in [2.45, 2.75) is 37.4 Å². The number of anilines is 1. The molecule has 1 saturated carbocycles. The normalized spacial score (nSPS) is 22.7. The third kappa shape index (κ3) is 3.28. The topological polar surface area (TPSA) is 66.9 Å². The van der Waals surface area contributed by atoms with E-state index in [2.05, 4.69) is 20.6 Å². The maximum absolute atomic E-state index is 13.3. The van der Waals surface area contributed by atoms with E-state index in [4.69, 9.17) is 0 Å². The van der Waals surface area contributed by atoms with E-state index in [0.717, 1.165) is 24.2 Å². The molecule has 24 heavy (non-hydrogen) atoms. The lowest BCUT2D eigenvalue weighted by atomic mass is 9.96. The van der Waals surface area contributed by atoms with Crippen molar-refractivity contribution in [3.8, 4) is 0 Å². The van der Waals surface area contributed by atoms with Crippen molar-refractivity contribution < 1.29 is 9.18 Å². The van der Waals surface area contributed by atoms with Crippen molar-refractivity contribution in [2.75, 3.05) is 11.9 Å². The molecule has 2 aliphatic rings. The summed E-state index contributed by atoms with van der Waals surface area (Å²) in [5.74, 6) is 1.07. The molecule has 1 saturated heterocycles. The molecular weight excluding hydrogens is 307 g/mol. The number of halogens is 1. The lowest BCUT2D eigenvalue weighted by Crippen LogP contribution is -2.55. The molecule has 2 fully saturated rings. The Morgan fingerprint density at radius 1 is 1.21 bits per heavy atom. The van der Waals surface area contributed by atoms with Gasteiger partial charge in [0, 0.05) is 36.6 Å². The van der Waals surface area contributed by atoms with Gasteiger partial charge in [-0.1, -0.05) is 12.1 Å². The van der Waals surface area contributed by atoms with Crippen LogP contribution in [0.1, 0.15) is 40.5 Å². The van der Waals surface area contributed by atoms with Crippen LogP contribution in [0.2, 0.25) is 0 Å². The molecule has 1 aromatic carbocycles. The summed E-state index contributed by atoms with van der Waals surface area (Å²) in [7, 11) is 0. The van der Waals surface area contributed by atoms with Crippen LogP contribution >= 0.6 is 0 Å². The van der Waals surface area contributed by atoms with Gasteiger partial charge in [0.1, 0.15) is 12.0 Å². The fourth-order valence-corrected chi connectivity index (χ4v) is 2.76. The van der Waals surface area contributed by atoms with E-state index in [0.29, 0.717) is 30.1 Å². The molecule has 0 spiro atoms. The van der Waals surface area contributed by atoms with Crippen LogP contribution in [0.5, 0.6) is 0 Å². The van der Waals surface area contributed by atoms with E-state index in [-0.39, 0.29) is 11.9 Å². The van der Waals surface area contributed by atoms with Crippen molar-refractivity contribution >= 4 is 11.6 Å². The molecule has 2 N–H and O–H groups in total. The maximum atomic E-state index is 13.3. The Morgan fingerprint density at radius 3 is 2.46 bits per heavy atom. The van der Waals surface area contributed by atoms with Crippen molar-refractivity contribution in [2.24, 2.45) is 0 Å². The highest BCUT2D eigenvalue weighted by atomic mass is 19.1. The first-order valence-corrected chi connectivity index (χ1v) is 8.29. The van der Waals surface area contributed by atoms with Crippen LogP contribution in [0.25, 0.3) is 0 Å². The average molecular weight is 326 g/mol. The standard InChI is InChI=1S/C18H19FN4O/c19-15-10-20-16(15)7-11-1-5-14(6-2-11)23-18(24)13-8-21-17(22-9-13)12-3-4-12/h1-2,5-6,8-9,12,15-16,20H,3-4,7,10H2,(H,23,24)/t15-,16-/m1/s1. The molecule has 2 heterocycles. The first kappa shape index (κ1) is 15.2. The molecule has 0 radical (unpaired) electrons. The van der Waals surface area contributed by atoms with Gasteiger partial charge in [-0.25, -0.2) is 14.4 Å². The largest absolute Gasteiger partial charge is 0.322 e. The minimum atomic E-state index is -0.761. The van der Waals surface area contributed by atoms with Gasteiger partial charge in [-0.3, -0.25) is 4.79 Å². The molecule has 2 atom stereocenters. The predicted molar refractivity (Wildman–Crippen MR) is 88.8 cm³/mol. The Hall–Kier alpha value is -2.34. The Bertz CT molecular complexity index is 728. The van der Waals surface area contributed by atoms with Crippen molar-refractivity contribution in [1.29, 1.82) is 0 Å². The number of aromatic nitrogens is 2. The summed E-state index contributed by atoms with van der Waals surface area (Å²) in [5, 5.41) is 5.90. The molecule has 4 rings (SSSR count). The third-order valence-corrected chi connectivity index (χ3v) is 4.56. The van der Waals surface area contributed by atoms with Gasteiger partial charge in [0.25, 0.3) is 5.91 Å². The van der Waals surface area contributed by atoms with Crippen LogP contribution in [0.3, 0.4) is 0 Å². The maximum Gasteiger partial charge on any atom is 0.258 e. The van der Waals surface area contributed by atoms with E-state index in [1.807, 2.05) is 24.3 Å². The Kier molecular flexibility index (Phi) is 3.98. The number of benzene rings is 1. The van der Waals surface area contributed by atoms with E-state index < -0.39 is 6.17 Å². The zero-order valence-electron chi connectivity index (χ0n) is 13.2. The fraction of sp³-hybridized carbons (Fsp3) is 0.389. The van der Waals surface area contributed by atoms with Crippen LogP contribution in [0, 0.1) is 0 Å². The van der Waals surface area contributed by atoms with E-state index in [9.17, 15) is 9.18 Å². The van der Waals surface area contributed by atoms with Gasteiger partial charge in [0.05, 0.1) is 5.56 Å². The van der Waals surface area contributed by atoms with Gasteiger partial charge in [-0.15, -0.1) is 0 Å². The number of carbonyl (C=O) groups is 1. The highest BCUT2D eigenvalue weighted by Gasteiger charge is 2.29. The second kappa shape index (κ2) is 6.28. The van der Waals surface area contributed by atoms with Crippen LogP contribution in [-0.4, -0.2) is 34.6 Å². The van der Waals surface area contributed by atoms with Gasteiger partial charge in [-0.05, 0) is 37.0 Å². The summed E-state index contributed by atoms with van der Waals surface area (Å²) < 4.78 is 13.3. The average Bonchev–Trinajstić information content (AvgIpc) is 3.45. The highest BCUT2D eigenvalue weighted by molar-refractivity contribution is 6.03. The number of alkyl halides is 1. The second-order valence-electron chi connectivity index (χ2n) is 6.49. The van der Waals surface area contributed by atoms with Crippen molar-refractivity contribution in [3.05, 3.63) is 53.6 Å². The molecule has 6 heteroatoms. The number of amides is 1. The molecule has 1 amide bonds. The van der Waals surface area contributed by atoms with E-state index in [1.165, 1.54) is 0 Å². The van der Waals surface area contributed by atoms with Crippen LogP contribution in [0.4, 0.5) is 10.1 Å². The van der Waals surface area contributed by atoms with Gasteiger partial charge in [-0.2, -0.15) is 0 Å². The molecule has 0 unspecified atom stereocenters. The Balaban J connectivity index is 1.36. The molecular formula is C18H19FN4O. The summed E-state index contributed by atoms with van der Waals surface area (Å²) in [4.78, 5) is 20.7. The number of hydrogen-bond donors (Lipinski definition) is 2. The molecule has 1 aliphatic heterocycles. The summed E-state index contributed by atoms with van der Waals surface area (Å²) in [6.45, 7) is 0.445. The summed E-state index contributed by atoms with van der Waals surface area (Å²) in [5.41, 5.74) is 2.20. The molecule has 0 bridgehead atoms. The number of carbonyl (C=O) groups excluding carboxylic acids is 1. The zero-order valence-corrected chi connectivity index (χ0v) is 13.2. The predicted octanol–water partition coefficient (Wildman–Crippen LogP) is 2.46. The third-order valence-electron chi connectivity index (χ3n) is 4.56. The quantitative estimate of drug-likeness (QED) is 0.886. The van der Waals surface area contributed by atoms with E-state index >= 15 is 0 Å². The second-order valence-corrected chi connectivity index (χ2v) is 6.49. The van der Waals surface area contributed by atoms with Crippen LogP contribution < -0.4 is 10.6 Å². The van der Waals surface area contributed by atoms with Crippen LogP contribution in [0.15, 0.2) is 36.7 Å². The van der Waals surface area contributed by atoms with Crippen molar-refractivity contribution in [3.63, 3.8) is 0 Å². The minimum Gasteiger partial charge on any atom is -0.322 e. The van der Waals surface area contributed by atoms with Crippen molar-refractivity contribution in [1.82, 2.24) is 15.3 Å². The number of hydrogen-bond acceptors (Lipinski definition) is 4. The van der Waals surface area contributed by atoms with Gasteiger partial charge in [0.15, 0.2) is 0 Å². The molecule has 124 valence electrons. The van der Waals surface area contributed by atoms with Gasteiger partial charge >= 0.3 is 0 Å². The molecule has 5 nitrogen and oxygen atoms in total. The number of nitrogens with zero attached hydrogens (tertiary/aromatic N) is 2. The highest BCUT2D eigenvalue weighted by Crippen LogP contribution is 2.37. The monoisotopic (exact) mass is 326 g/mol. The van der Waals surface area contributed by atoms with Gasteiger partial charge in [0.2, 0.25) is 0 Å². The summed E-state index contributed by atoms with van der Waals surface area (Å²) >= 11 is 0. The minimum absolute atomic E-state index is 0.0902. The lowest BCUT2D eigenvalue weighted by molar-refractivity contribution is 0.102. The summed E-state index contributed by atoms with van der Waals surface area (Å²) in [6, 6.07) is 7.40. The molecule has 1 aliphatic carbocycles. The van der Waals surface area contributed by atoms with Gasteiger partial charge < -0.3 is 10.6 Å². The molecule has 2 aromatic rings. The number of nitrogens with one attached hydrogen (secondary N) is 2. The summed E-state index contributed by atoms with van der Waals surface area (Å²) in [6.07, 6.45) is 5.32. The fourth-order valence-electron chi connectivity index (χ4n) is 2.76. The zero-order chi connectivity index (χ0) is 16.5. The first-order valence-electron chi connectivity index (χ1n) is 8.29. The molecule has 1 aromatic heterocycles. The lowest BCUT2D eigenvalue weighted by Gasteiger charge is -2.32.